The van der Waals surface area contributed by atoms with Crippen LogP contribution in [0.2, 0.25) is 0 Å². The second-order valence-electron chi connectivity index (χ2n) is 6.12. The van der Waals surface area contributed by atoms with Gasteiger partial charge in [0.15, 0.2) is 5.96 Å². The number of halogens is 3. The van der Waals surface area contributed by atoms with E-state index in [9.17, 15) is 13.2 Å². The van der Waals surface area contributed by atoms with E-state index in [4.69, 9.17) is 0 Å². The molecule has 0 unspecified atom stereocenters. The van der Waals surface area contributed by atoms with Gasteiger partial charge >= 0.3 is 6.18 Å². The van der Waals surface area contributed by atoms with Crippen molar-refractivity contribution in [1.82, 2.24) is 20.4 Å². The molecular formula is C19H26F3N5O. The van der Waals surface area contributed by atoms with Gasteiger partial charge in [0.25, 0.3) is 0 Å². The highest BCUT2D eigenvalue weighted by atomic mass is 19.4. The minimum absolute atomic E-state index is 0.0403. The van der Waals surface area contributed by atoms with Gasteiger partial charge in [0, 0.05) is 32.1 Å². The maximum absolute atomic E-state index is 12.0. The van der Waals surface area contributed by atoms with Crippen LogP contribution in [0.5, 0.6) is 0 Å². The summed E-state index contributed by atoms with van der Waals surface area (Å²) in [6, 6.07) is 9.90. The summed E-state index contributed by atoms with van der Waals surface area (Å²) in [4.78, 5) is 4.57. The monoisotopic (exact) mass is 397 g/mol. The van der Waals surface area contributed by atoms with Crippen LogP contribution >= 0.6 is 0 Å². The molecule has 0 aliphatic heterocycles. The topological polar surface area (TPSA) is 63.5 Å². The van der Waals surface area contributed by atoms with E-state index in [2.05, 4.69) is 25.5 Å². The van der Waals surface area contributed by atoms with Crippen molar-refractivity contribution in [3.05, 3.63) is 53.9 Å². The molecule has 2 N–H and O–H groups in total. The van der Waals surface area contributed by atoms with Crippen LogP contribution in [0, 0.1) is 0 Å². The van der Waals surface area contributed by atoms with Crippen LogP contribution in [-0.2, 0) is 17.8 Å². The quantitative estimate of drug-likeness (QED) is 0.368. The summed E-state index contributed by atoms with van der Waals surface area (Å²) < 4.78 is 42.6. The van der Waals surface area contributed by atoms with Gasteiger partial charge in [-0.1, -0.05) is 24.3 Å². The lowest BCUT2D eigenvalue weighted by Gasteiger charge is -2.13. The average molecular weight is 397 g/mol. The lowest BCUT2D eigenvalue weighted by Crippen LogP contribution is -2.38. The highest BCUT2D eigenvalue weighted by Gasteiger charge is 2.27. The molecule has 0 bridgehead atoms. The molecule has 1 aromatic carbocycles. The number of nitrogens with zero attached hydrogens (tertiary/aromatic N) is 3. The van der Waals surface area contributed by atoms with E-state index in [1.165, 1.54) is 0 Å². The molecule has 1 heterocycles. The first-order valence-electron chi connectivity index (χ1n) is 9.19. The highest BCUT2D eigenvalue weighted by Crippen LogP contribution is 2.14. The van der Waals surface area contributed by atoms with E-state index in [0.29, 0.717) is 38.6 Å². The van der Waals surface area contributed by atoms with E-state index in [1.54, 1.807) is 6.20 Å². The Hall–Kier alpha value is -2.55. The number of guanidine groups is 1. The maximum Gasteiger partial charge on any atom is 0.411 e. The zero-order chi connectivity index (χ0) is 20.2. The maximum atomic E-state index is 12.0. The molecule has 6 nitrogen and oxygen atoms in total. The Morgan fingerprint density at radius 2 is 1.96 bits per heavy atom. The van der Waals surface area contributed by atoms with Crippen LogP contribution in [0.4, 0.5) is 13.2 Å². The van der Waals surface area contributed by atoms with Crippen molar-refractivity contribution in [2.75, 3.05) is 26.3 Å². The first kappa shape index (κ1) is 21.7. The van der Waals surface area contributed by atoms with Gasteiger partial charge < -0.3 is 15.4 Å². The predicted molar refractivity (Wildman–Crippen MR) is 102 cm³/mol. The number of ether oxygens (including phenoxy) is 1. The van der Waals surface area contributed by atoms with Gasteiger partial charge in [0.05, 0.1) is 13.1 Å². The van der Waals surface area contributed by atoms with Crippen molar-refractivity contribution < 1.29 is 17.9 Å². The Bertz CT molecular complexity index is 717. The molecule has 2 rings (SSSR count). The molecule has 0 amide bonds. The zero-order valence-electron chi connectivity index (χ0n) is 15.9. The summed E-state index contributed by atoms with van der Waals surface area (Å²) in [6.45, 7) is 3.09. The smallest absolute Gasteiger partial charge is 0.372 e. The van der Waals surface area contributed by atoms with E-state index in [-0.39, 0.29) is 6.61 Å². The molecule has 0 saturated carbocycles. The molecule has 1 aromatic heterocycles. The third kappa shape index (κ3) is 8.43. The van der Waals surface area contributed by atoms with Crippen LogP contribution < -0.4 is 10.6 Å². The van der Waals surface area contributed by atoms with Gasteiger partial charge in [-0.2, -0.15) is 18.3 Å². The largest absolute Gasteiger partial charge is 0.411 e. The molecule has 0 atom stereocenters. The normalized spacial score (nSPS) is 12.2. The van der Waals surface area contributed by atoms with Gasteiger partial charge in [0.2, 0.25) is 0 Å². The van der Waals surface area contributed by atoms with Crippen molar-refractivity contribution in [1.29, 1.82) is 0 Å². The van der Waals surface area contributed by atoms with Gasteiger partial charge in [0.1, 0.15) is 6.61 Å². The summed E-state index contributed by atoms with van der Waals surface area (Å²) in [5.74, 6) is 0.618. The second-order valence-corrected chi connectivity index (χ2v) is 6.12. The lowest BCUT2D eigenvalue weighted by atomic mass is 10.1. The molecule has 154 valence electrons. The molecule has 0 aliphatic carbocycles. The Morgan fingerprint density at radius 1 is 1.18 bits per heavy atom. The molecule has 0 spiro atoms. The predicted octanol–water partition coefficient (Wildman–Crippen LogP) is 2.96. The number of aliphatic imine (C=N–C) groups is 1. The number of benzene rings is 1. The van der Waals surface area contributed by atoms with E-state index in [0.717, 1.165) is 11.1 Å². The number of nitrogens with one attached hydrogen (secondary N) is 2. The van der Waals surface area contributed by atoms with Crippen LogP contribution in [0.1, 0.15) is 24.5 Å². The Morgan fingerprint density at radius 3 is 2.64 bits per heavy atom. The number of alkyl halides is 3. The molecule has 0 aliphatic rings. The van der Waals surface area contributed by atoms with E-state index < -0.39 is 12.8 Å². The summed E-state index contributed by atoms with van der Waals surface area (Å²) in [5, 5.41) is 10.5. The number of hydrogen-bond donors (Lipinski definition) is 2. The highest BCUT2D eigenvalue weighted by molar-refractivity contribution is 5.79. The van der Waals surface area contributed by atoms with Gasteiger partial charge in [-0.15, -0.1) is 0 Å². The number of hydrogen-bond acceptors (Lipinski definition) is 3. The minimum atomic E-state index is -4.28. The van der Waals surface area contributed by atoms with E-state index in [1.807, 2.05) is 48.1 Å². The fourth-order valence-electron chi connectivity index (χ4n) is 2.51. The number of rotatable bonds is 10. The zero-order valence-corrected chi connectivity index (χ0v) is 15.9. The van der Waals surface area contributed by atoms with Gasteiger partial charge in [-0.05, 0) is 30.5 Å². The van der Waals surface area contributed by atoms with Crippen molar-refractivity contribution in [3.63, 3.8) is 0 Å². The third-order valence-electron chi connectivity index (χ3n) is 3.79. The fourth-order valence-corrected chi connectivity index (χ4v) is 2.51. The molecule has 0 saturated heterocycles. The second kappa shape index (κ2) is 11.3. The molecule has 9 heteroatoms. The molecule has 28 heavy (non-hydrogen) atoms. The third-order valence-corrected chi connectivity index (χ3v) is 3.79. The minimum Gasteiger partial charge on any atom is -0.372 e. The Labute approximate surface area is 162 Å². The summed E-state index contributed by atoms with van der Waals surface area (Å²) in [7, 11) is 0. The van der Waals surface area contributed by atoms with E-state index >= 15 is 0 Å². The summed E-state index contributed by atoms with van der Waals surface area (Å²) >= 11 is 0. The average Bonchev–Trinajstić information content (AvgIpc) is 3.15. The molecular weight excluding hydrogens is 371 g/mol. The SMILES string of the molecule is CCNC(=NCc1ccccc1Cn1cccn1)NCCCOCC(F)(F)F. The lowest BCUT2D eigenvalue weighted by molar-refractivity contribution is -0.173. The van der Waals surface area contributed by atoms with Crippen LogP contribution in [0.15, 0.2) is 47.7 Å². The van der Waals surface area contributed by atoms with Gasteiger partial charge in [-0.3, -0.25) is 4.68 Å². The summed E-state index contributed by atoms with van der Waals surface area (Å²) in [6.07, 6.45) is -0.178. The first-order valence-corrected chi connectivity index (χ1v) is 9.19. The van der Waals surface area contributed by atoms with Crippen LogP contribution in [-0.4, -0.2) is 48.2 Å². The van der Waals surface area contributed by atoms with Crippen molar-refractivity contribution in [2.45, 2.75) is 32.6 Å². The molecule has 0 fully saturated rings. The molecule has 0 radical (unpaired) electrons. The fraction of sp³-hybridized carbons (Fsp3) is 0.474. The van der Waals surface area contributed by atoms with Crippen LogP contribution in [0.3, 0.4) is 0 Å². The van der Waals surface area contributed by atoms with Crippen LogP contribution in [0.25, 0.3) is 0 Å². The van der Waals surface area contributed by atoms with Crippen molar-refractivity contribution >= 4 is 5.96 Å². The Kier molecular flexibility index (Phi) is 8.80. The number of aromatic nitrogens is 2. The van der Waals surface area contributed by atoms with Gasteiger partial charge in [-0.25, -0.2) is 4.99 Å². The van der Waals surface area contributed by atoms with Crippen molar-refractivity contribution in [2.24, 2.45) is 4.99 Å². The van der Waals surface area contributed by atoms with Crippen molar-refractivity contribution in [3.8, 4) is 0 Å². The Balaban J connectivity index is 1.85. The first-order chi connectivity index (χ1) is 13.5. The summed E-state index contributed by atoms with van der Waals surface area (Å²) in [5.41, 5.74) is 2.22. The standard InChI is InChI=1S/C19H26F3N5O/c1-2-23-18(24-9-6-12-28-15-19(20,21)22)25-13-16-7-3-4-8-17(16)14-27-11-5-10-26-27/h3-5,7-8,10-11H,2,6,9,12-15H2,1H3,(H2,23,24,25). The molecule has 2 aromatic rings.